The van der Waals surface area contributed by atoms with Gasteiger partial charge in [0.1, 0.15) is 17.3 Å². The van der Waals surface area contributed by atoms with Gasteiger partial charge in [0, 0.05) is 17.6 Å². The Bertz CT molecular complexity index is 753. The molecule has 3 rings (SSSR count). The predicted octanol–water partition coefficient (Wildman–Crippen LogP) is 2.86. The number of para-hydroxylation sites is 1. The van der Waals surface area contributed by atoms with Gasteiger partial charge < -0.3 is 10.3 Å². The van der Waals surface area contributed by atoms with Gasteiger partial charge >= 0.3 is 0 Å². The number of amides is 1. The molecule has 0 aliphatic carbocycles. The lowest BCUT2D eigenvalue weighted by Gasteiger charge is -2.05. The Labute approximate surface area is 113 Å². The van der Waals surface area contributed by atoms with Gasteiger partial charge in [-0.1, -0.05) is 23.7 Å². The number of fused-ring (bicyclic) bond motifs is 1. The van der Waals surface area contributed by atoms with E-state index >= 15 is 0 Å². The summed E-state index contributed by atoms with van der Waals surface area (Å²) in [7, 11) is 0. The molecule has 0 atom stereocenters. The van der Waals surface area contributed by atoms with Crippen molar-refractivity contribution >= 4 is 34.2 Å². The highest BCUT2D eigenvalue weighted by atomic mass is 35.5. The molecule has 0 bridgehead atoms. The van der Waals surface area contributed by atoms with Crippen LogP contribution in [-0.4, -0.2) is 20.9 Å². The summed E-state index contributed by atoms with van der Waals surface area (Å²) in [5.74, 6) is 0.122. The van der Waals surface area contributed by atoms with Gasteiger partial charge in [0.25, 0.3) is 5.91 Å². The molecule has 0 radical (unpaired) electrons. The van der Waals surface area contributed by atoms with E-state index in [-0.39, 0.29) is 11.1 Å². The normalized spacial score (nSPS) is 10.6. The number of aromatic amines is 1. The van der Waals surface area contributed by atoms with E-state index in [1.807, 2.05) is 18.2 Å². The van der Waals surface area contributed by atoms with Gasteiger partial charge in [0.2, 0.25) is 0 Å². The molecular formula is C13H9ClN4O. The minimum absolute atomic E-state index is 0.247. The van der Waals surface area contributed by atoms with Crippen LogP contribution in [0, 0.1) is 0 Å². The Kier molecular flexibility index (Phi) is 2.89. The lowest BCUT2D eigenvalue weighted by atomic mass is 10.1. The molecule has 0 spiro atoms. The topological polar surface area (TPSA) is 70.7 Å². The van der Waals surface area contributed by atoms with Crippen molar-refractivity contribution in [1.82, 2.24) is 15.0 Å². The molecular weight excluding hydrogens is 264 g/mol. The zero-order valence-corrected chi connectivity index (χ0v) is 10.5. The van der Waals surface area contributed by atoms with Crippen molar-refractivity contribution in [1.29, 1.82) is 0 Å². The molecule has 0 aliphatic rings. The number of rotatable bonds is 2. The van der Waals surface area contributed by atoms with Gasteiger partial charge in [-0.2, -0.15) is 0 Å². The highest BCUT2D eigenvalue weighted by Crippen LogP contribution is 2.18. The van der Waals surface area contributed by atoms with E-state index in [4.69, 9.17) is 11.6 Å². The smallest absolute Gasteiger partial charge is 0.258 e. The van der Waals surface area contributed by atoms with Crippen LogP contribution in [0.2, 0.25) is 5.15 Å². The second-order valence-electron chi connectivity index (χ2n) is 3.93. The van der Waals surface area contributed by atoms with Gasteiger partial charge in [0.05, 0.1) is 11.1 Å². The van der Waals surface area contributed by atoms with Crippen molar-refractivity contribution in [2.45, 2.75) is 0 Å². The van der Waals surface area contributed by atoms with Crippen molar-refractivity contribution in [2.24, 2.45) is 0 Å². The number of hydrogen-bond acceptors (Lipinski definition) is 3. The van der Waals surface area contributed by atoms with Gasteiger partial charge in [-0.15, -0.1) is 0 Å². The number of carbonyl (C=O) groups is 1. The Balaban J connectivity index is 1.94. The van der Waals surface area contributed by atoms with Crippen LogP contribution in [0.25, 0.3) is 10.9 Å². The molecule has 2 heterocycles. The molecule has 5 nitrogen and oxygen atoms in total. The third kappa shape index (κ3) is 2.28. The Morgan fingerprint density at radius 1 is 1.26 bits per heavy atom. The number of hydrogen-bond donors (Lipinski definition) is 2. The summed E-state index contributed by atoms with van der Waals surface area (Å²) >= 11 is 5.74. The molecule has 1 amide bonds. The molecule has 0 aliphatic heterocycles. The number of nitrogens with one attached hydrogen (secondary N) is 2. The fraction of sp³-hybridized carbons (Fsp3) is 0. The fourth-order valence-electron chi connectivity index (χ4n) is 1.86. The van der Waals surface area contributed by atoms with E-state index in [2.05, 4.69) is 20.3 Å². The van der Waals surface area contributed by atoms with Crippen LogP contribution in [0.1, 0.15) is 10.4 Å². The number of halogens is 1. The highest BCUT2D eigenvalue weighted by Gasteiger charge is 2.11. The van der Waals surface area contributed by atoms with E-state index in [0.717, 1.165) is 10.9 Å². The molecule has 2 N–H and O–H groups in total. The summed E-state index contributed by atoms with van der Waals surface area (Å²) in [6.45, 7) is 0. The summed E-state index contributed by atoms with van der Waals surface area (Å²) in [5, 5.41) is 3.95. The van der Waals surface area contributed by atoms with Crippen molar-refractivity contribution in [2.75, 3.05) is 5.32 Å². The van der Waals surface area contributed by atoms with Crippen molar-refractivity contribution in [3.63, 3.8) is 0 Å². The maximum atomic E-state index is 12.2. The van der Waals surface area contributed by atoms with Crippen LogP contribution >= 0.6 is 11.6 Å². The summed E-state index contributed by atoms with van der Waals surface area (Å²) < 4.78 is 0. The highest BCUT2D eigenvalue weighted by molar-refractivity contribution is 6.29. The molecule has 2 aromatic heterocycles. The first kappa shape index (κ1) is 11.7. The van der Waals surface area contributed by atoms with Crippen molar-refractivity contribution in [3.05, 3.63) is 53.6 Å². The van der Waals surface area contributed by atoms with Gasteiger partial charge in [-0.05, 0) is 12.1 Å². The second-order valence-corrected chi connectivity index (χ2v) is 4.31. The molecule has 1 aromatic carbocycles. The van der Waals surface area contributed by atoms with Crippen LogP contribution in [0.4, 0.5) is 5.82 Å². The average Bonchev–Trinajstić information content (AvgIpc) is 2.86. The lowest BCUT2D eigenvalue weighted by Crippen LogP contribution is -2.13. The van der Waals surface area contributed by atoms with E-state index in [1.54, 1.807) is 12.3 Å². The first-order valence-corrected chi connectivity index (χ1v) is 5.97. The molecule has 94 valence electrons. The van der Waals surface area contributed by atoms with Crippen LogP contribution in [0.3, 0.4) is 0 Å². The van der Waals surface area contributed by atoms with Gasteiger partial charge in [0.15, 0.2) is 0 Å². The number of anilines is 1. The Hall–Kier alpha value is -2.40. The summed E-state index contributed by atoms with van der Waals surface area (Å²) in [6, 6.07) is 8.92. The Morgan fingerprint density at radius 2 is 2.16 bits per heavy atom. The molecule has 6 heteroatoms. The summed E-state index contributed by atoms with van der Waals surface area (Å²) in [5.41, 5.74) is 1.34. The fourth-order valence-corrected chi connectivity index (χ4v) is 2.01. The van der Waals surface area contributed by atoms with Crippen LogP contribution in [-0.2, 0) is 0 Å². The van der Waals surface area contributed by atoms with Crippen LogP contribution in [0.15, 0.2) is 42.9 Å². The van der Waals surface area contributed by atoms with Crippen molar-refractivity contribution in [3.8, 4) is 0 Å². The number of H-pyrrole nitrogens is 1. The van der Waals surface area contributed by atoms with Gasteiger partial charge in [-0.3, -0.25) is 4.79 Å². The minimum atomic E-state index is -0.247. The minimum Gasteiger partial charge on any atom is -0.361 e. The number of benzene rings is 1. The molecule has 0 saturated carbocycles. The molecule has 19 heavy (non-hydrogen) atoms. The largest absolute Gasteiger partial charge is 0.361 e. The first-order chi connectivity index (χ1) is 9.24. The Morgan fingerprint density at radius 3 is 3.00 bits per heavy atom. The maximum absolute atomic E-state index is 12.2. The lowest BCUT2D eigenvalue weighted by molar-refractivity contribution is 0.102. The molecule has 0 unspecified atom stereocenters. The average molecular weight is 273 g/mol. The quantitative estimate of drug-likeness (QED) is 0.705. The van der Waals surface area contributed by atoms with E-state index in [9.17, 15) is 4.79 Å². The number of carbonyl (C=O) groups excluding carboxylic acids is 1. The molecule has 3 aromatic rings. The van der Waals surface area contributed by atoms with Crippen molar-refractivity contribution < 1.29 is 4.79 Å². The summed E-state index contributed by atoms with van der Waals surface area (Å²) in [4.78, 5) is 22.9. The van der Waals surface area contributed by atoms with Crippen LogP contribution < -0.4 is 5.32 Å². The van der Waals surface area contributed by atoms with Gasteiger partial charge in [-0.25, -0.2) is 9.97 Å². The first-order valence-electron chi connectivity index (χ1n) is 5.59. The summed E-state index contributed by atoms with van der Waals surface area (Å²) in [6.07, 6.45) is 3.09. The molecule has 0 saturated heterocycles. The maximum Gasteiger partial charge on any atom is 0.258 e. The van der Waals surface area contributed by atoms with E-state index in [1.165, 1.54) is 12.4 Å². The zero-order chi connectivity index (χ0) is 13.2. The standard InChI is InChI=1S/C13H9ClN4O/c14-10-6-11(17-7-16-10)18-13(19)9-3-1-2-8-4-5-15-12(8)9/h1-7,15H,(H,16,17,18,19). The second kappa shape index (κ2) is 4.70. The predicted molar refractivity (Wildman–Crippen MR) is 73.3 cm³/mol. The van der Waals surface area contributed by atoms with Crippen LogP contribution in [0.5, 0.6) is 0 Å². The monoisotopic (exact) mass is 272 g/mol. The molecule has 0 fully saturated rings. The third-order valence-corrected chi connectivity index (χ3v) is 2.91. The third-order valence-electron chi connectivity index (χ3n) is 2.71. The number of nitrogens with zero attached hydrogens (tertiary/aromatic N) is 2. The van der Waals surface area contributed by atoms with E-state index in [0.29, 0.717) is 11.4 Å². The SMILES string of the molecule is O=C(Nc1cc(Cl)ncn1)c1cccc2cc[nH]c12. The zero-order valence-electron chi connectivity index (χ0n) is 9.72. The van der Waals surface area contributed by atoms with E-state index < -0.39 is 0 Å². The number of aromatic nitrogens is 3.